The molecule has 0 saturated carbocycles. The monoisotopic (exact) mass is 380 g/mol. The summed E-state index contributed by atoms with van der Waals surface area (Å²) < 4.78 is 1.15. The SMILES string of the molecule is O=C(CCc1nc2ccccc2s1)Nc1nnc(Cc2ccccc2)s1. The second-order valence-electron chi connectivity index (χ2n) is 5.79. The van der Waals surface area contributed by atoms with Crippen LogP contribution in [-0.2, 0) is 17.6 Å². The summed E-state index contributed by atoms with van der Waals surface area (Å²) in [5, 5.41) is 13.5. The molecule has 0 atom stereocenters. The van der Waals surface area contributed by atoms with Gasteiger partial charge in [-0.1, -0.05) is 53.8 Å². The van der Waals surface area contributed by atoms with Crippen molar-refractivity contribution >= 4 is 43.9 Å². The van der Waals surface area contributed by atoms with Gasteiger partial charge in [0.2, 0.25) is 11.0 Å². The summed E-state index contributed by atoms with van der Waals surface area (Å²) in [5.74, 6) is -0.0633. The first-order chi connectivity index (χ1) is 12.8. The van der Waals surface area contributed by atoms with E-state index in [4.69, 9.17) is 0 Å². The fourth-order valence-corrected chi connectivity index (χ4v) is 4.33. The van der Waals surface area contributed by atoms with Crippen molar-refractivity contribution in [2.45, 2.75) is 19.3 Å². The van der Waals surface area contributed by atoms with Crippen LogP contribution in [0.1, 0.15) is 22.0 Å². The number of benzene rings is 2. The van der Waals surface area contributed by atoms with Crippen LogP contribution in [0.15, 0.2) is 54.6 Å². The van der Waals surface area contributed by atoms with Gasteiger partial charge in [-0.05, 0) is 17.7 Å². The molecular weight excluding hydrogens is 364 g/mol. The molecule has 2 aromatic heterocycles. The Balaban J connectivity index is 1.32. The molecule has 0 bridgehead atoms. The maximum absolute atomic E-state index is 12.2. The van der Waals surface area contributed by atoms with E-state index >= 15 is 0 Å². The van der Waals surface area contributed by atoms with Gasteiger partial charge in [-0.2, -0.15) is 0 Å². The second-order valence-corrected chi connectivity index (χ2v) is 7.96. The Morgan fingerprint density at radius 2 is 1.73 bits per heavy atom. The topological polar surface area (TPSA) is 67.8 Å². The minimum Gasteiger partial charge on any atom is -0.301 e. The van der Waals surface area contributed by atoms with Gasteiger partial charge < -0.3 is 5.32 Å². The van der Waals surface area contributed by atoms with Crippen LogP contribution in [0.5, 0.6) is 0 Å². The highest BCUT2D eigenvalue weighted by molar-refractivity contribution is 7.18. The van der Waals surface area contributed by atoms with Gasteiger partial charge in [-0.25, -0.2) is 4.98 Å². The molecule has 26 heavy (non-hydrogen) atoms. The molecule has 5 nitrogen and oxygen atoms in total. The molecule has 0 saturated heterocycles. The van der Waals surface area contributed by atoms with Crippen molar-refractivity contribution in [1.29, 1.82) is 0 Å². The predicted octanol–water partition coefficient (Wildman–Crippen LogP) is 4.31. The van der Waals surface area contributed by atoms with E-state index in [0.29, 0.717) is 18.0 Å². The predicted molar refractivity (Wildman–Crippen MR) is 106 cm³/mol. The van der Waals surface area contributed by atoms with Gasteiger partial charge in [0.1, 0.15) is 5.01 Å². The van der Waals surface area contributed by atoms with Crippen molar-refractivity contribution in [2.24, 2.45) is 0 Å². The second kappa shape index (κ2) is 7.72. The number of thiazole rings is 1. The van der Waals surface area contributed by atoms with E-state index in [1.165, 1.54) is 16.9 Å². The number of amides is 1. The van der Waals surface area contributed by atoms with E-state index in [1.54, 1.807) is 11.3 Å². The number of anilines is 1. The minimum atomic E-state index is -0.0633. The zero-order valence-electron chi connectivity index (χ0n) is 13.9. The first kappa shape index (κ1) is 16.8. The summed E-state index contributed by atoms with van der Waals surface area (Å²) in [6.07, 6.45) is 1.73. The smallest absolute Gasteiger partial charge is 0.226 e. The molecule has 0 aliphatic heterocycles. The van der Waals surface area contributed by atoms with Crippen molar-refractivity contribution in [3.63, 3.8) is 0 Å². The number of fused-ring (bicyclic) bond motifs is 1. The number of hydrogen-bond acceptors (Lipinski definition) is 6. The van der Waals surface area contributed by atoms with E-state index < -0.39 is 0 Å². The highest BCUT2D eigenvalue weighted by Crippen LogP contribution is 2.23. The Morgan fingerprint density at radius 1 is 0.923 bits per heavy atom. The van der Waals surface area contributed by atoms with Gasteiger partial charge in [0.25, 0.3) is 0 Å². The Kier molecular flexibility index (Phi) is 4.99. The van der Waals surface area contributed by atoms with Crippen LogP contribution in [0.3, 0.4) is 0 Å². The number of nitrogens with one attached hydrogen (secondary N) is 1. The Bertz CT molecular complexity index is 993. The van der Waals surface area contributed by atoms with E-state index in [1.807, 2.05) is 42.5 Å². The number of carbonyl (C=O) groups is 1. The molecule has 7 heteroatoms. The standard InChI is InChI=1S/C19H16N4OS2/c24-16(10-11-17-20-14-8-4-5-9-15(14)25-17)21-19-23-22-18(26-19)12-13-6-2-1-3-7-13/h1-9H,10-12H2,(H,21,23,24). The average Bonchev–Trinajstić information content (AvgIpc) is 3.27. The van der Waals surface area contributed by atoms with Crippen LogP contribution < -0.4 is 5.32 Å². The van der Waals surface area contributed by atoms with Crippen LogP contribution in [0, 0.1) is 0 Å². The van der Waals surface area contributed by atoms with Crippen LogP contribution in [0.25, 0.3) is 10.2 Å². The summed E-state index contributed by atoms with van der Waals surface area (Å²) in [7, 11) is 0. The molecule has 4 rings (SSSR count). The zero-order valence-corrected chi connectivity index (χ0v) is 15.5. The molecule has 2 heterocycles. The lowest BCUT2D eigenvalue weighted by molar-refractivity contribution is -0.116. The van der Waals surface area contributed by atoms with Gasteiger partial charge in [0.15, 0.2) is 0 Å². The summed E-state index contributed by atoms with van der Waals surface area (Å²) in [4.78, 5) is 16.7. The largest absolute Gasteiger partial charge is 0.301 e. The van der Waals surface area contributed by atoms with E-state index in [2.05, 4.69) is 32.6 Å². The van der Waals surface area contributed by atoms with E-state index in [0.717, 1.165) is 26.7 Å². The van der Waals surface area contributed by atoms with Crippen molar-refractivity contribution in [2.75, 3.05) is 5.32 Å². The van der Waals surface area contributed by atoms with Crippen LogP contribution >= 0.6 is 22.7 Å². The Labute approximate surface area is 158 Å². The third kappa shape index (κ3) is 4.12. The summed E-state index contributed by atoms with van der Waals surface area (Å²) in [6.45, 7) is 0. The maximum atomic E-state index is 12.2. The number of carbonyl (C=O) groups excluding carboxylic acids is 1. The molecule has 0 aliphatic rings. The van der Waals surface area contributed by atoms with Gasteiger partial charge in [0.05, 0.1) is 15.2 Å². The third-order valence-electron chi connectivity index (χ3n) is 3.82. The molecule has 0 radical (unpaired) electrons. The summed E-state index contributed by atoms with van der Waals surface area (Å²) in [6, 6.07) is 18.1. The summed E-state index contributed by atoms with van der Waals surface area (Å²) in [5.41, 5.74) is 2.17. The molecule has 0 aliphatic carbocycles. The van der Waals surface area contributed by atoms with Crippen LogP contribution in [0.2, 0.25) is 0 Å². The average molecular weight is 380 g/mol. The van der Waals surface area contributed by atoms with E-state index in [9.17, 15) is 4.79 Å². The number of nitrogens with zero attached hydrogens (tertiary/aromatic N) is 3. The quantitative estimate of drug-likeness (QED) is 0.541. The van der Waals surface area contributed by atoms with Crippen LogP contribution in [-0.4, -0.2) is 21.1 Å². The lowest BCUT2D eigenvalue weighted by atomic mass is 10.2. The first-order valence-corrected chi connectivity index (χ1v) is 9.90. The zero-order chi connectivity index (χ0) is 17.8. The lowest BCUT2D eigenvalue weighted by Crippen LogP contribution is -2.12. The molecule has 1 amide bonds. The van der Waals surface area contributed by atoms with Gasteiger partial charge in [-0.15, -0.1) is 21.5 Å². The maximum Gasteiger partial charge on any atom is 0.226 e. The highest BCUT2D eigenvalue weighted by atomic mass is 32.1. The van der Waals surface area contributed by atoms with Crippen molar-refractivity contribution in [1.82, 2.24) is 15.2 Å². The van der Waals surface area contributed by atoms with Crippen molar-refractivity contribution < 1.29 is 4.79 Å². The number of aryl methyl sites for hydroxylation is 1. The normalized spacial score (nSPS) is 10.9. The fourth-order valence-electron chi connectivity index (χ4n) is 2.58. The molecular formula is C19H16N4OS2. The molecule has 4 aromatic rings. The molecule has 1 N–H and O–H groups in total. The summed E-state index contributed by atoms with van der Waals surface area (Å²) >= 11 is 3.05. The number of hydrogen-bond donors (Lipinski definition) is 1. The van der Waals surface area contributed by atoms with Gasteiger partial charge in [-0.3, -0.25) is 4.79 Å². The minimum absolute atomic E-state index is 0.0633. The third-order valence-corrected chi connectivity index (χ3v) is 5.75. The van der Waals surface area contributed by atoms with Crippen molar-refractivity contribution in [3.8, 4) is 0 Å². The molecule has 2 aromatic carbocycles. The van der Waals surface area contributed by atoms with Crippen molar-refractivity contribution in [3.05, 3.63) is 70.2 Å². The van der Waals surface area contributed by atoms with Crippen LogP contribution in [0.4, 0.5) is 5.13 Å². The molecule has 0 unspecified atom stereocenters. The number of aromatic nitrogens is 3. The first-order valence-electron chi connectivity index (χ1n) is 8.27. The van der Waals surface area contributed by atoms with Gasteiger partial charge >= 0.3 is 0 Å². The number of para-hydroxylation sites is 1. The lowest BCUT2D eigenvalue weighted by Gasteiger charge is -1.99. The Hall–Kier alpha value is -2.64. The fraction of sp³-hybridized carbons (Fsp3) is 0.158. The van der Waals surface area contributed by atoms with Gasteiger partial charge in [0, 0.05) is 19.3 Å². The van der Waals surface area contributed by atoms with E-state index in [-0.39, 0.29) is 5.91 Å². The molecule has 130 valence electrons. The molecule has 0 fully saturated rings. The number of rotatable bonds is 6. The molecule has 0 spiro atoms. The Morgan fingerprint density at radius 3 is 2.58 bits per heavy atom. The highest BCUT2D eigenvalue weighted by Gasteiger charge is 2.10.